The van der Waals surface area contributed by atoms with E-state index in [9.17, 15) is 4.79 Å². The minimum Gasteiger partial charge on any atom is -0.345 e. The number of nitrogens with one attached hydrogen (secondary N) is 3. The maximum atomic E-state index is 11.4. The zero-order valence-corrected chi connectivity index (χ0v) is 7.24. The van der Waals surface area contributed by atoms with Crippen molar-refractivity contribution in [3.05, 3.63) is 30.1 Å². The van der Waals surface area contributed by atoms with Crippen LogP contribution in [0.1, 0.15) is 10.4 Å². The second-order valence-corrected chi connectivity index (χ2v) is 2.70. The molecule has 6 heteroatoms. The predicted molar refractivity (Wildman–Crippen MR) is 52.4 cm³/mol. The molecule has 0 aliphatic carbocycles. The number of H-pyrrole nitrogens is 1. The molecule has 0 aliphatic heterocycles. The van der Waals surface area contributed by atoms with Crippen LogP contribution in [0.3, 0.4) is 0 Å². The molecule has 68 valence electrons. The maximum Gasteiger partial charge on any atom is 0.266 e. The Balaban J connectivity index is 2.47. The number of rotatable bonds is 2. The fourth-order valence-electron chi connectivity index (χ4n) is 1.28. The Bertz CT molecular complexity index is 467. The number of hydrogen-bond acceptors (Lipinski definition) is 3. The number of nitrogens with zero attached hydrogens (tertiary/aromatic N) is 1. The lowest BCUT2D eigenvalue weighted by atomic mass is 10.2. The van der Waals surface area contributed by atoms with E-state index < -0.39 is 0 Å². The van der Waals surface area contributed by atoms with Crippen LogP contribution in [-0.2, 0) is 0 Å². The van der Waals surface area contributed by atoms with Crippen molar-refractivity contribution >= 4 is 24.9 Å². The molecule has 0 saturated heterocycles. The molecule has 1 amide bonds. The van der Waals surface area contributed by atoms with Crippen LogP contribution >= 0.6 is 0 Å². The lowest BCUT2D eigenvalue weighted by Crippen LogP contribution is -2.35. The van der Waals surface area contributed by atoms with Gasteiger partial charge >= 0.3 is 0 Å². The summed E-state index contributed by atoms with van der Waals surface area (Å²) in [4.78, 5) is 18.4. The van der Waals surface area contributed by atoms with Crippen LogP contribution in [0.2, 0.25) is 0 Å². The molecule has 3 N–H and O–H groups in total. The van der Waals surface area contributed by atoms with Crippen LogP contribution in [0.4, 0.5) is 0 Å². The lowest BCUT2D eigenvalue weighted by molar-refractivity contribution is 0.0947. The number of pyridine rings is 1. The van der Waals surface area contributed by atoms with Crippen LogP contribution in [-0.4, -0.2) is 23.9 Å². The average molecular weight is 186 g/mol. The van der Waals surface area contributed by atoms with Gasteiger partial charge in [0.1, 0.15) is 5.65 Å². The van der Waals surface area contributed by atoms with Crippen molar-refractivity contribution in [3.8, 4) is 0 Å². The summed E-state index contributed by atoms with van der Waals surface area (Å²) in [6, 6.07) is 3.58. The van der Waals surface area contributed by atoms with Crippen molar-refractivity contribution < 1.29 is 4.79 Å². The summed E-state index contributed by atoms with van der Waals surface area (Å²) in [7, 11) is 4.97. The number of fused-ring (bicyclic) bond motifs is 1. The molecule has 0 fully saturated rings. The first-order valence-corrected chi connectivity index (χ1v) is 4.01. The van der Waals surface area contributed by atoms with E-state index in [0.717, 1.165) is 5.39 Å². The Labute approximate surface area is 81.3 Å². The topological polar surface area (TPSA) is 69.8 Å². The fourth-order valence-corrected chi connectivity index (χ4v) is 1.28. The quantitative estimate of drug-likeness (QED) is 0.452. The molecular formula is C8H7BN4O. The minimum atomic E-state index is -0.299. The molecule has 2 aromatic rings. The van der Waals surface area contributed by atoms with Gasteiger partial charge in [-0.15, -0.1) is 0 Å². The molecule has 0 aromatic carbocycles. The molecule has 2 rings (SSSR count). The minimum absolute atomic E-state index is 0.299. The number of carbonyl (C=O) groups is 1. The highest BCUT2D eigenvalue weighted by atomic mass is 16.2. The summed E-state index contributed by atoms with van der Waals surface area (Å²) in [6.45, 7) is 0. The van der Waals surface area contributed by atoms with Crippen molar-refractivity contribution in [1.29, 1.82) is 0 Å². The molecule has 0 aliphatic rings. The van der Waals surface area contributed by atoms with Gasteiger partial charge in [0, 0.05) is 17.8 Å². The average Bonchev–Trinajstić information content (AvgIpc) is 2.61. The third-order valence-electron chi connectivity index (χ3n) is 1.88. The smallest absolute Gasteiger partial charge is 0.266 e. The molecule has 0 atom stereocenters. The van der Waals surface area contributed by atoms with Crippen LogP contribution in [0.5, 0.6) is 0 Å². The third kappa shape index (κ3) is 1.35. The molecule has 0 unspecified atom stereocenters. The molecule has 2 heterocycles. The Morgan fingerprint density at radius 3 is 3.21 bits per heavy atom. The maximum absolute atomic E-state index is 11.4. The zero-order chi connectivity index (χ0) is 9.97. The van der Waals surface area contributed by atoms with Crippen LogP contribution in [0.15, 0.2) is 24.5 Å². The lowest BCUT2D eigenvalue weighted by Gasteiger charge is -2.00. The normalized spacial score (nSPS) is 10.3. The number of hydrogen-bond donors (Lipinski definition) is 3. The van der Waals surface area contributed by atoms with Gasteiger partial charge in [0.15, 0.2) is 0 Å². The van der Waals surface area contributed by atoms with Crippen molar-refractivity contribution in [2.75, 3.05) is 0 Å². The number of aromatic amines is 1. The van der Waals surface area contributed by atoms with Crippen LogP contribution in [0.25, 0.3) is 11.0 Å². The van der Waals surface area contributed by atoms with Crippen molar-refractivity contribution in [3.63, 3.8) is 0 Å². The highest BCUT2D eigenvalue weighted by molar-refractivity contribution is 6.09. The van der Waals surface area contributed by atoms with Crippen LogP contribution < -0.4 is 10.8 Å². The van der Waals surface area contributed by atoms with Crippen molar-refractivity contribution in [1.82, 2.24) is 20.7 Å². The van der Waals surface area contributed by atoms with Crippen LogP contribution in [0, 0.1) is 0 Å². The third-order valence-corrected chi connectivity index (χ3v) is 1.88. The second-order valence-electron chi connectivity index (χ2n) is 2.70. The van der Waals surface area contributed by atoms with Gasteiger partial charge in [-0.1, -0.05) is 0 Å². The zero-order valence-electron chi connectivity index (χ0n) is 7.24. The van der Waals surface area contributed by atoms with E-state index in [2.05, 4.69) is 20.7 Å². The highest BCUT2D eigenvalue weighted by Crippen LogP contribution is 2.14. The Kier molecular flexibility index (Phi) is 2.20. The summed E-state index contributed by atoms with van der Waals surface area (Å²) >= 11 is 0. The number of carbonyl (C=O) groups excluding carboxylic acids is 1. The van der Waals surface area contributed by atoms with Gasteiger partial charge in [0.05, 0.1) is 5.56 Å². The van der Waals surface area contributed by atoms with Gasteiger partial charge in [0.2, 0.25) is 7.98 Å². The summed E-state index contributed by atoms with van der Waals surface area (Å²) in [5, 5.41) is 2.85. The Morgan fingerprint density at radius 1 is 1.57 bits per heavy atom. The molecule has 0 saturated carbocycles. The number of aromatic nitrogens is 2. The molecule has 2 aromatic heterocycles. The van der Waals surface area contributed by atoms with Gasteiger partial charge in [0.25, 0.3) is 5.91 Å². The Hall–Kier alpha value is -1.82. The standard InChI is InChI=1S/C8H7BN4O/c9-13-12-8(14)6-4-11-7-5(6)2-1-3-10-7/h1-4,13H,(H,10,11)(H,12,14). The van der Waals surface area contributed by atoms with Gasteiger partial charge < -0.3 is 4.98 Å². The number of hydrazine groups is 1. The largest absolute Gasteiger partial charge is 0.345 e. The van der Waals surface area contributed by atoms with E-state index in [1.165, 1.54) is 0 Å². The highest BCUT2D eigenvalue weighted by Gasteiger charge is 2.10. The van der Waals surface area contributed by atoms with E-state index in [4.69, 9.17) is 7.98 Å². The molecule has 0 bridgehead atoms. The SMILES string of the molecule is [B]NNC(=O)c1c[nH]c2ncccc12. The fraction of sp³-hybridized carbons (Fsp3) is 0. The van der Waals surface area contributed by atoms with E-state index >= 15 is 0 Å². The number of amides is 1. The first-order chi connectivity index (χ1) is 6.83. The van der Waals surface area contributed by atoms with E-state index in [-0.39, 0.29) is 5.91 Å². The molecule has 14 heavy (non-hydrogen) atoms. The van der Waals surface area contributed by atoms with Gasteiger partial charge in [-0.05, 0) is 12.1 Å². The van der Waals surface area contributed by atoms with E-state index in [1.54, 1.807) is 18.5 Å². The summed E-state index contributed by atoms with van der Waals surface area (Å²) in [5.41, 5.74) is 3.46. The summed E-state index contributed by atoms with van der Waals surface area (Å²) < 4.78 is 0. The van der Waals surface area contributed by atoms with Crippen molar-refractivity contribution in [2.24, 2.45) is 0 Å². The first kappa shape index (κ1) is 8.77. The molecule has 0 spiro atoms. The second kappa shape index (κ2) is 3.51. The molecule has 2 radical (unpaired) electrons. The predicted octanol–water partition coefficient (Wildman–Crippen LogP) is -0.119. The van der Waals surface area contributed by atoms with Gasteiger partial charge in [-0.3, -0.25) is 15.6 Å². The summed E-state index contributed by atoms with van der Waals surface area (Å²) in [6.07, 6.45) is 3.24. The van der Waals surface area contributed by atoms with Crippen molar-refractivity contribution in [2.45, 2.75) is 0 Å². The summed E-state index contributed by atoms with van der Waals surface area (Å²) in [5.74, 6) is -0.299. The Morgan fingerprint density at radius 2 is 2.43 bits per heavy atom. The first-order valence-electron chi connectivity index (χ1n) is 4.01. The van der Waals surface area contributed by atoms with Gasteiger partial charge in [-0.25, -0.2) is 4.98 Å². The van der Waals surface area contributed by atoms with E-state index in [1.807, 2.05) is 6.07 Å². The molecule has 5 nitrogen and oxygen atoms in total. The molecular weight excluding hydrogens is 179 g/mol. The monoisotopic (exact) mass is 186 g/mol. The van der Waals surface area contributed by atoms with Gasteiger partial charge in [-0.2, -0.15) is 0 Å². The van der Waals surface area contributed by atoms with E-state index in [0.29, 0.717) is 11.2 Å².